The first kappa shape index (κ1) is 13.6. The van der Waals surface area contributed by atoms with Crippen molar-refractivity contribution in [3.05, 3.63) is 35.9 Å². The van der Waals surface area contributed by atoms with E-state index in [-0.39, 0.29) is 5.41 Å². The van der Waals surface area contributed by atoms with Crippen LogP contribution < -0.4 is 5.32 Å². The Kier molecular flexibility index (Phi) is 3.55. The molecule has 20 heavy (non-hydrogen) atoms. The van der Waals surface area contributed by atoms with Gasteiger partial charge in [-0.15, -0.1) is 0 Å². The molecule has 2 aliphatic rings. The molecule has 2 saturated heterocycles. The van der Waals surface area contributed by atoms with Crippen LogP contribution in [0.3, 0.4) is 0 Å². The summed E-state index contributed by atoms with van der Waals surface area (Å²) in [6.07, 6.45) is 0.601. The van der Waals surface area contributed by atoms with Crippen molar-refractivity contribution in [1.82, 2.24) is 10.2 Å². The third-order valence-corrected chi connectivity index (χ3v) is 4.89. The van der Waals surface area contributed by atoms with Crippen molar-refractivity contribution >= 4 is 5.91 Å². The second kappa shape index (κ2) is 5.21. The van der Waals surface area contributed by atoms with Gasteiger partial charge in [-0.25, -0.2) is 0 Å². The Bertz CT molecular complexity index is 471. The minimum absolute atomic E-state index is 0.0890. The van der Waals surface area contributed by atoms with Gasteiger partial charge < -0.3 is 10.2 Å². The van der Waals surface area contributed by atoms with Gasteiger partial charge in [-0.05, 0) is 22.8 Å². The minimum atomic E-state index is -0.0890. The molecule has 1 aromatic carbocycles. The number of benzene rings is 1. The Hall–Kier alpha value is -1.35. The number of hydrogen-bond donors (Lipinski definition) is 1. The molecule has 108 valence electrons. The maximum Gasteiger partial charge on any atom is 0.223 e. The summed E-state index contributed by atoms with van der Waals surface area (Å²) >= 11 is 0. The minimum Gasteiger partial charge on any atom is -0.342 e. The van der Waals surface area contributed by atoms with Crippen molar-refractivity contribution in [1.29, 1.82) is 0 Å². The van der Waals surface area contributed by atoms with E-state index >= 15 is 0 Å². The predicted octanol–water partition coefficient (Wildman–Crippen LogP) is 2.03. The van der Waals surface area contributed by atoms with Gasteiger partial charge in [-0.2, -0.15) is 0 Å². The van der Waals surface area contributed by atoms with E-state index in [4.69, 9.17) is 0 Å². The van der Waals surface area contributed by atoms with Gasteiger partial charge >= 0.3 is 0 Å². The lowest BCUT2D eigenvalue weighted by Gasteiger charge is -2.28. The molecule has 0 saturated carbocycles. The number of nitrogens with one attached hydrogen (secondary N) is 1. The van der Waals surface area contributed by atoms with Crippen LogP contribution in [-0.2, 0) is 10.2 Å². The fourth-order valence-electron chi connectivity index (χ4n) is 3.54. The highest BCUT2D eigenvalue weighted by Crippen LogP contribution is 2.31. The van der Waals surface area contributed by atoms with Crippen LogP contribution in [0, 0.1) is 11.8 Å². The standard InChI is InChI=1S/C17H24N2O/c1-17(2,15-6-4-3-5-7-15)8-16(20)19-11-13-9-18-10-14(13)12-19/h3-7,13-14,18H,8-12H2,1-2H3/t13-,14+. The second-order valence-corrected chi connectivity index (χ2v) is 6.90. The number of amides is 1. The van der Waals surface area contributed by atoms with Crippen LogP contribution in [0.15, 0.2) is 30.3 Å². The lowest BCUT2D eigenvalue weighted by molar-refractivity contribution is -0.131. The third-order valence-electron chi connectivity index (χ3n) is 4.89. The van der Waals surface area contributed by atoms with E-state index in [0.29, 0.717) is 24.2 Å². The number of likely N-dealkylation sites (tertiary alicyclic amines) is 1. The van der Waals surface area contributed by atoms with E-state index in [9.17, 15) is 4.79 Å². The molecule has 0 unspecified atom stereocenters. The summed E-state index contributed by atoms with van der Waals surface area (Å²) in [5.74, 6) is 1.67. The van der Waals surface area contributed by atoms with Crippen LogP contribution in [0.5, 0.6) is 0 Å². The number of rotatable bonds is 3. The summed E-state index contributed by atoms with van der Waals surface area (Å²) in [5.41, 5.74) is 1.16. The Balaban J connectivity index is 1.64. The molecule has 3 heteroatoms. The summed E-state index contributed by atoms with van der Waals surface area (Å²) in [6, 6.07) is 10.4. The van der Waals surface area contributed by atoms with E-state index in [0.717, 1.165) is 26.2 Å². The van der Waals surface area contributed by atoms with Crippen LogP contribution >= 0.6 is 0 Å². The van der Waals surface area contributed by atoms with Crippen LogP contribution in [-0.4, -0.2) is 37.0 Å². The lowest BCUT2D eigenvalue weighted by atomic mass is 9.81. The van der Waals surface area contributed by atoms with Crippen molar-refractivity contribution in [3.8, 4) is 0 Å². The molecule has 0 aromatic heterocycles. The zero-order chi connectivity index (χ0) is 14.2. The molecule has 0 radical (unpaired) electrons. The third kappa shape index (κ3) is 2.59. The summed E-state index contributed by atoms with van der Waals surface area (Å²) in [4.78, 5) is 14.7. The van der Waals surface area contributed by atoms with E-state index < -0.39 is 0 Å². The van der Waals surface area contributed by atoms with Gasteiger partial charge in [0, 0.05) is 32.6 Å². The summed E-state index contributed by atoms with van der Waals surface area (Å²) < 4.78 is 0. The second-order valence-electron chi connectivity index (χ2n) is 6.90. The molecule has 2 aliphatic heterocycles. The number of carbonyl (C=O) groups excluding carboxylic acids is 1. The smallest absolute Gasteiger partial charge is 0.223 e. The Labute approximate surface area is 121 Å². The summed E-state index contributed by atoms with van der Waals surface area (Å²) in [6.45, 7) is 8.38. The Morgan fingerprint density at radius 1 is 1.20 bits per heavy atom. The van der Waals surface area contributed by atoms with Gasteiger partial charge in [0.1, 0.15) is 0 Å². The topological polar surface area (TPSA) is 32.3 Å². The van der Waals surface area contributed by atoms with E-state index in [1.165, 1.54) is 5.56 Å². The average molecular weight is 272 g/mol. The van der Waals surface area contributed by atoms with Crippen molar-refractivity contribution in [2.75, 3.05) is 26.2 Å². The lowest BCUT2D eigenvalue weighted by Crippen LogP contribution is -2.35. The molecular formula is C17H24N2O. The molecule has 1 amide bonds. The Morgan fingerprint density at radius 3 is 2.40 bits per heavy atom. The quantitative estimate of drug-likeness (QED) is 0.913. The molecule has 2 atom stereocenters. The molecular weight excluding hydrogens is 248 g/mol. The number of fused-ring (bicyclic) bond motifs is 1. The molecule has 3 rings (SSSR count). The highest BCUT2D eigenvalue weighted by Gasteiger charge is 2.39. The SMILES string of the molecule is CC(C)(CC(=O)N1C[C@H]2CNC[C@H]2C1)c1ccccc1. The molecule has 0 spiro atoms. The van der Waals surface area contributed by atoms with Crippen LogP contribution in [0.25, 0.3) is 0 Å². The van der Waals surface area contributed by atoms with Gasteiger partial charge in [0.2, 0.25) is 5.91 Å². The van der Waals surface area contributed by atoms with Crippen molar-refractivity contribution in [2.24, 2.45) is 11.8 Å². The molecule has 3 nitrogen and oxygen atoms in total. The van der Waals surface area contributed by atoms with Crippen LogP contribution in [0.1, 0.15) is 25.8 Å². The molecule has 0 bridgehead atoms. The molecule has 2 fully saturated rings. The van der Waals surface area contributed by atoms with Crippen LogP contribution in [0.2, 0.25) is 0 Å². The highest BCUT2D eigenvalue weighted by molar-refractivity contribution is 5.78. The Morgan fingerprint density at radius 2 is 1.80 bits per heavy atom. The fourth-order valence-corrected chi connectivity index (χ4v) is 3.54. The number of carbonyl (C=O) groups is 1. The van der Waals surface area contributed by atoms with Crippen molar-refractivity contribution in [2.45, 2.75) is 25.7 Å². The predicted molar refractivity (Wildman–Crippen MR) is 80.5 cm³/mol. The van der Waals surface area contributed by atoms with Gasteiger partial charge in [0.15, 0.2) is 0 Å². The number of hydrogen-bond acceptors (Lipinski definition) is 2. The van der Waals surface area contributed by atoms with Gasteiger partial charge in [0.25, 0.3) is 0 Å². The first-order valence-electron chi connectivity index (χ1n) is 7.60. The zero-order valence-electron chi connectivity index (χ0n) is 12.4. The normalized spacial score (nSPS) is 25.8. The first-order valence-corrected chi connectivity index (χ1v) is 7.60. The maximum absolute atomic E-state index is 12.6. The monoisotopic (exact) mass is 272 g/mol. The fraction of sp³-hybridized carbons (Fsp3) is 0.588. The maximum atomic E-state index is 12.6. The summed E-state index contributed by atoms with van der Waals surface area (Å²) in [5, 5.41) is 3.42. The van der Waals surface area contributed by atoms with Gasteiger partial charge in [0.05, 0.1) is 0 Å². The largest absolute Gasteiger partial charge is 0.342 e. The number of nitrogens with zero attached hydrogens (tertiary/aromatic N) is 1. The highest BCUT2D eigenvalue weighted by atomic mass is 16.2. The van der Waals surface area contributed by atoms with E-state index in [2.05, 4.69) is 36.2 Å². The average Bonchev–Trinajstić information content (AvgIpc) is 3.00. The molecule has 0 aliphatic carbocycles. The summed E-state index contributed by atoms with van der Waals surface area (Å²) in [7, 11) is 0. The zero-order valence-corrected chi connectivity index (χ0v) is 12.4. The molecule has 1 N–H and O–H groups in total. The van der Waals surface area contributed by atoms with E-state index in [1.807, 2.05) is 18.2 Å². The van der Waals surface area contributed by atoms with E-state index in [1.54, 1.807) is 0 Å². The molecule has 1 aromatic rings. The van der Waals surface area contributed by atoms with Crippen molar-refractivity contribution < 1.29 is 4.79 Å². The van der Waals surface area contributed by atoms with Crippen LogP contribution in [0.4, 0.5) is 0 Å². The van der Waals surface area contributed by atoms with Crippen molar-refractivity contribution in [3.63, 3.8) is 0 Å². The van der Waals surface area contributed by atoms with Gasteiger partial charge in [-0.3, -0.25) is 4.79 Å². The first-order chi connectivity index (χ1) is 9.56. The molecule has 2 heterocycles. The van der Waals surface area contributed by atoms with Gasteiger partial charge in [-0.1, -0.05) is 44.2 Å².